The van der Waals surface area contributed by atoms with Gasteiger partial charge in [0, 0.05) is 16.6 Å². The number of hydrogen-bond acceptors (Lipinski definition) is 2. The fraction of sp³-hybridized carbons (Fsp3) is 0.250. The quantitative estimate of drug-likeness (QED) is 0.533. The molecule has 4 nitrogen and oxygen atoms in total. The average molecular weight is 378 g/mol. The molecule has 0 spiro atoms. The zero-order chi connectivity index (χ0) is 19.9. The SMILES string of the molecule is C=CC[NH+](CC=C)C[C@@H](O)Cn1c(-c2ccc(OC)cc2)cc2ccccc21. The van der Waals surface area contributed by atoms with Crippen molar-refractivity contribution >= 4 is 10.9 Å². The molecule has 2 aromatic carbocycles. The summed E-state index contributed by atoms with van der Waals surface area (Å²) in [6.45, 7) is 10.4. The van der Waals surface area contributed by atoms with Gasteiger partial charge in [0.25, 0.3) is 0 Å². The Balaban J connectivity index is 1.92. The van der Waals surface area contributed by atoms with Crippen molar-refractivity contribution in [1.29, 1.82) is 0 Å². The summed E-state index contributed by atoms with van der Waals surface area (Å²) in [6.07, 6.45) is 3.31. The van der Waals surface area contributed by atoms with Crippen molar-refractivity contribution in [3.8, 4) is 17.0 Å². The number of fused-ring (bicyclic) bond motifs is 1. The van der Waals surface area contributed by atoms with Crippen molar-refractivity contribution in [2.45, 2.75) is 12.6 Å². The van der Waals surface area contributed by atoms with Crippen molar-refractivity contribution in [3.05, 3.63) is 79.9 Å². The lowest BCUT2D eigenvalue weighted by Crippen LogP contribution is -3.12. The molecule has 1 atom stereocenters. The molecule has 0 bridgehead atoms. The number of aromatic nitrogens is 1. The summed E-state index contributed by atoms with van der Waals surface area (Å²) in [6, 6.07) is 18.5. The second-order valence-electron chi connectivity index (χ2n) is 7.02. The second-order valence-corrected chi connectivity index (χ2v) is 7.02. The van der Waals surface area contributed by atoms with Crippen molar-refractivity contribution in [3.63, 3.8) is 0 Å². The first-order valence-corrected chi connectivity index (χ1v) is 9.62. The van der Waals surface area contributed by atoms with E-state index in [0.29, 0.717) is 13.1 Å². The molecule has 0 aliphatic heterocycles. The minimum absolute atomic E-state index is 0.470. The lowest BCUT2D eigenvalue weighted by atomic mass is 10.1. The highest BCUT2D eigenvalue weighted by atomic mass is 16.5. The Bertz CT molecular complexity index is 917. The molecule has 0 aliphatic rings. The maximum absolute atomic E-state index is 10.8. The number of methoxy groups -OCH3 is 1. The number of ether oxygens (including phenoxy) is 1. The van der Waals surface area contributed by atoms with E-state index in [1.165, 1.54) is 10.3 Å². The first-order valence-electron chi connectivity index (χ1n) is 9.62. The van der Waals surface area contributed by atoms with Gasteiger partial charge in [0.2, 0.25) is 0 Å². The van der Waals surface area contributed by atoms with E-state index in [-0.39, 0.29) is 0 Å². The topological polar surface area (TPSA) is 38.8 Å². The Hall–Kier alpha value is -2.82. The minimum atomic E-state index is -0.470. The number of quaternary nitrogens is 1. The van der Waals surface area contributed by atoms with Crippen LogP contribution in [-0.4, -0.2) is 42.5 Å². The van der Waals surface area contributed by atoms with Gasteiger partial charge >= 0.3 is 0 Å². The van der Waals surface area contributed by atoms with Gasteiger partial charge in [0.05, 0.1) is 26.7 Å². The van der Waals surface area contributed by atoms with Crippen LogP contribution < -0.4 is 9.64 Å². The predicted molar refractivity (Wildman–Crippen MR) is 116 cm³/mol. The van der Waals surface area contributed by atoms with Crippen LogP contribution in [0.1, 0.15) is 0 Å². The van der Waals surface area contributed by atoms with E-state index in [9.17, 15) is 5.11 Å². The lowest BCUT2D eigenvalue weighted by Gasteiger charge is -2.21. The van der Waals surface area contributed by atoms with E-state index in [1.807, 2.05) is 36.4 Å². The van der Waals surface area contributed by atoms with Crippen LogP contribution in [0.4, 0.5) is 0 Å². The largest absolute Gasteiger partial charge is 0.497 e. The zero-order valence-electron chi connectivity index (χ0n) is 16.5. The van der Waals surface area contributed by atoms with E-state index in [4.69, 9.17) is 4.74 Å². The third-order valence-electron chi connectivity index (χ3n) is 4.98. The summed E-state index contributed by atoms with van der Waals surface area (Å²) in [7, 11) is 1.67. The summed E-state index contributed by atoms with van der Waals surface area (Å²) in [5.41, 5.74) is 3.32. The Morgan fingerprint density at radius 3 is 2.39 bits per heavy atom. The maximum Gasteiger partial charge on any atom is 0.121 e. The van der Waals surface area contributed by atoms with Crippen LogP contribution in [-0.2, 0) is 6.54 Å². The summed E-state index contributed by atoms with van der Waals surface area (Å²) < 4.78 is 7.49. The van der Waals surface area contributed by atoms with Gasteiger partial charge in [0.15, 0.2) is 0 Å². The normalized spacial score (nSPS) is 12.2. The number of nitrogens with one attached hydrogen (secondary N) is 1. The number of para-hydroxylation sites is 1. The van der Waals surface area contributed by atoms with Crippen LogP contribution in [0.25, 0.3) is 22.2 Å². The van der Waals surface area contributed by atoms with Crippen LogP contribution in [0.5, 0.6) is 5.75 Å². The van der Waals surface area contributed by atoms with Gasteiger partial charge in [-0.25, -0.2) is 0 Å². The lowest BCUT2D eigenvalue weighted by molar-refractivity contribution is -0.891. The molecule has 0 unspecified atom stereocenters. The molecule has 0 aliphatic carbocycles. The Morgan fingerprint density at radius 1 is 1.07 bits per heavy atom. The number of benzene rings is 2. The molecular formula is C24H29N2O2+. The number of aliphatic hydroxyl groups excluding tert-OH is 1. The standard InChI is InChI=1S/C24H28N2O2/c1-4-14-25(15-5-2)17-21(27)18-26-23-9-7-6-8-20(23)16-24(26)19-10-12-22(28-3)13-11-19/h4-13,16,21,27H,1-2,14-15,17-18H2,3H3/p+1/t21-/m1/s1. The highest BCUT2D eigenvalue weighted by Gasteiger charge is 2.18. The van der Waals surface area contributed by atoms with Crippen LogP contribution in [0.15, 0.2) is 79.9 Å². The fourth-order valence-electron chi connectivity index (χ4n) is 3.67. The monoisotopic (exact) mass is 377 g/mol. The van der Waals surface area contributed by atoms with Crippen molar-refractivity contribution in [2.24, 2.45) is 0 Å². The molecule has 3 aromatic rings. The van der Waals surface area contributed by atoms with E-state index in [0.717, 1.165) is 35.6 Å². The summed E-state index contributed by atoms with van der Waals surface area (Å²) in [5, 5.41) is 12.0. The average Bonchev–Trinajstić information content (AvgIpc) is 3.07. The van der Waals surface area contributed by atoms with E-state index in [2.05, 4.69) is 48.1 Å². The molecule has 3 rings (SSSR count). The van der Waals surface area contributed by atoms with Gasteiger partial charge in [-0.2, -0.15) is 0 Å². The van der Waals surface area contributed by atoms with Crippen LogP contribution in [0.2, 0.25) is 0 Å². The predicted octanol–water partition coefficient (Wildman–Crippen LogP) is 2.93. The van der Waals surface area contributed by atoms with Gasteiger partial charge in [-0.1, -0.05) is 31.4 Å². The van der Waals surface area contributed by atoms with Crippen molar-refractivity contribution in [2.75, 3.05) is 26.7 Å². The Kier molecular flexibility index (Phi) is 6.69. The maximum atomic E-state index is 10.8. The molecule has 0 saturated carbocycles. The molecule has 1 heterocycles. The van der Waals surface area contributed by atoms with Gasteiger partial charge in [-0.3, -0.25) is 0 Å². The molecule has 0 amide bonds. The fourth-order valence-corrected chi connectivity index (χ4v) is 3.67. The van der Waals surface area contributed by atoms with Gasteiger partial charge in [-0.05, 0) is 54.1 Å². The minimum Gasteiger partial charge on any atom is -0.497 e. The third kappa shape index (κ3) is 4.53. The first-order chi connectivity index (χ1) is 13.7. The molecule has 0 fully saturated rings. The smallest absolute Gasteiger partial charge is 0.121 e. The number of hydrogen-bond donors (Lipinski definition) is 2. The number of nitrogens with zero attached hydrogens (tertiary/aromatic N) is 1. The molecular weight excluding hydrogens is 348 g/mol. The number of rotatable bonds is 10. The highest BCUT2D eigenvalue weighted by Crippen LogP contribution is 2.29. The summed E-state index contributed by atoms with van der Waals surface area (Å²) >= 11 is 0. The number of aliphatic hydroxyl groups is 1. The van der Waals surface area contributed by atoms with Crippen molar-refractivity contribution < 1.29 is 14.7 Å². The molecule has 1 aromatic heterocycles. The molecule has 28 heavy (non-hydrogen) atoms. The van der Waals surface area contributed by atoms with E-state index >= 15 is 0 Å². The van der Waals surface area contributed by atoms with E-state index in [1.54, 1.807) is 7.11 Å². The zero-order valence-corrected chi connectivity index (χ0v) is 16.5. The van der Waals surface area contributed by atoms with Crippen LogP contribution in [0.3, 0.4) is 0 Å². The Labute approximate surface area is 167 Å². The Morgan fingerprint density at radius 2 is 1.75 bits per heavy atom. The third-order valence-corrected chi connectivity index (χ3v) is 4.98. The van der Waals surface area contributed by atoms with E-state index < -0.39 is 6.10 Å². The summed E-state index contributed by atoms with van der Waals surface area (Å²) in [5.74, 6) is 0.833. The second kappa shape index (κ2) is 9.40. The molecule has 146 valence electrons. The molecule has 2 N–H and O–H groups in total. The first kappa shape index (κ1) is 19.9. The van der Waals surface area contributed by atoms with Crippen LogP contribution in [0, 0.1) is 0 Å². The van der Waals surface area contributed by atoms with Crippen LogP contribution >= 0.6 is 0 Å². The summed E-state index contributed by atoms with van der Waals surface area (Å²) in [4.78, 5) is 1.25. The van der Waals surface area contributed by atoms with Gasteiger partial charge in [-0.15, -0.1) is 0 Å². The molecule has 0 saturated heterocycles. The highest BCUT2D eigenvalue weighted by molar-refractivity contribution is 5.87. The molecule has 4 heteroatoms. The van der Waals surface area contributed by atoms with Crippen molar-refractivity contribution in [1.82, 2.24) is 4.57 Å². The molecule has 0 radical (unpaired) electrons. The van der Waals surface area contributed by atoms with Gasteiger partial charge in [0.1, 0.15) is 18.4 Å². The van der Waals surface area contributed by atoms with Gasteiger partial charge < -0.3 is 19.3 Å².